The van der Waals surface area contributed by atoms with Gasteiger partial charge in [0.1, 0.15) is 22.9 Å². The minimum absolute atomic E-state index is 0.0854. The van der Waals surface area contributed by atoms with Crippen LogP contribution in [0.25, 0.3) is 0 Å². The van der Waals surface area contributed by atoms with Crippen molar-refractivity contribution in [2.75, 3.05) is 16.4 Å². The molecule has 0 aromatic carbocycles. The highest BCUT2D eigenvalue weighted by atomic mass is 32.2. The molecule has 1 fully saturated rings. The van der Waals surface area contributed by atoms with Gasteiger partial charge in [-0.3, -0.25) is 24.2 Å². The molecule has 1 saturated heterocycles. The Kier molecular flexibility index (Phi) is 4.35. The van der Waals surface area contributed by atoms with Crippen molar-refractivity contribution in [3.05, 3.63) is 29.3 Å². The van der Waals surface area contributed by atoms with E-state index in [4.69, 9.17) is 5.73 Å². The summed E-state index contributed by atoms with van der Waals surface area (Å²) in [6, 6.07) is -1.02. The first-order chi connectivity index (χ1) is 11.9. The van der Waals surface area contributed by atoms with E-state index in [9.17, 15) is 24.3 Å². The first-order valence-electron chi connectivity index (χ1n) is 6.93. The summed E-state index contributed by atoms with van der Waals surface area (Å²) >= 11 is 2.34. The average molecular weight is 380 g/mol. The third-order valence-electron chi connectivity index (χ3n) is 3.79. The number of aldehydes is 1. The second-order valence-corrected chi connectivity index (χ2v) is 7.10. The summed E-state index contributed by atoms with van der Waals surface area (Å²) in [6.07, 6.45) is 1.48. The van der Waals surface area contributed by atoms with Crippen LogP contribution in [0.4, 0.5) is 10.9 Å². The minimum atomic E-state index is -1.25. The van der Waals surface area contributed by atoms with Crippen molar-refractivity contribution in [3.63, 3.8) is 0 Å². The minimum Gasteiger partial charge on any atom is -0.477 e. The SMILES string of the molecule is C=CC1=C(C(=O)O)N2C(=O)C(N(C(=O)C=O)c3csc(N)n3)[C@@H]2SC1. The molecular weight excluding hydrogens is 368 g/mol. The van der Waals surface area contributed by atoms with E-state index in [1.807, 2.05) is 0 Å². The van der Waals surface area contributed by atoms with Crippen LogP contribution in [-0.2, 0) is 19.2 Å². The van der Waals surface area contributed by atoms with Crippen LogP contribution in [0, 0.1) is 0 Å². The van der Waals surface area contributed by atoms with E-state index in [-0.39, 0.29) is 22.9 Å². The van der Waals surface area contributed by atoms with Crippen LogP contribution in [0.2, 0.25) is 0 Å². The fraction of sp³-hybridized carbons (Fsp3) is 0.214. The highest BCUT2D eigenvalue weighted by Crippen LogP contribution is 2.43. The van der Waals surface area contributed by atoms with E-state index in [1.54, 1.807) is 0 Å². The van der Waals surface area contributed by atoms with Crippen molar-refractivity contribution in [2.24, 2.45) is 0 Å². The van der Waals surface area contributed by atoms with Gasteiger partial charge in [0.25, 0.3) is 11.8 Å². The Balaban J connectivity index is 2.00. The molecule has 9 nitrogen and oxygen atoms in total. The molecule has 2 atom stereocenters. The van der Waals surface area contributed by atoms with Gasteiger partial charge in [-0.1, -0.05) is 12.7 Å². The number of carboxylic acids is 1. The summed E-state index contributed by atoms with van der Waals surface area (Å²) in [4.78, 5) is 53.3. The maximum atomic E-state index is 12.6. The molecule has 130 valence electrons. The molecule has 3 N–H and O–H groups in total. The molecule has 0 radical (unpaired) electrons. The number of carboxylic acid groups (broad SMARTS) is 1. The third kappa shape index (κ3) is 2.61. The highest BCUT2D eigenvalue weighted by molar-refractivity contribution is 8.00. The molecule has 1 aromatic heterocycles. The van der Waals surface area contributed by atoms with Crippen molar-refractivity contribution >= 4 is 58.1 Å². The number of aliphatic carboxylic acids is 1. The quantitative estimate of drug-likeness (QED) is 0.416. The number of nitrogen functional groups attached to an aromatic ring is 1. The van der Waals surface area contributed by atoms with Gasteiger partial charge in [-0.2, -0.15) is 0 Å². The van der Waals surface area contributed by atoms with Crippen molar-refractivity contribution in [3.8, 4) is 0 Å². The van der Waals surface area contributed by atoms with Gasteiger partial charge in [-0.05, 0) is 5.57 Å². The number of nitrogens with zero attached hydrogens (tertiary/aromatic N) is 3. The van der Waals surface area contributed by atoms with Gasteiger partial charge in [0.15, 0.2) is 5.13 Å². The Morgan fingerprint density at radius 3 is 2.76 bits per heavy atom. The maximum absolute atomic E-state index is 12.6. The zero-order chi connectivity index (χ0) is 18.3. The molecular formula is C14H12N4O5S2. The van der Waals surface area contributed by atoms with Crippen LogP contribution in [0.1, 0.15) is 0 Å². The number of aromatic nitrogens is 1. The number of allylic oxidation sites excluding steroid dienone is 1. The summed E-state index contributed by atoms with van der Waals surface area (Å²) in [5.41, 5.74) is 5.83. The van der Waals surface area contributed by atoms with Crippen molar-refractivity contribution < 1.29 is 24.3 Å². The number of hydrogen-bond acceptors (Lipinski definition) is 8. The summed E-state index contributed by atoms with van der Waals surface area (Å²) in [6.45, 7) is 3.57. The number of hydrogen-bond donors (Lipinski definition) is 2. The molecule has 3 rings (SSSR count). The lowest BCUT2D eigenvalue weighted by molar-refractivity contribution is -0.149. The van der Waals surface area contributed by atoms with E-state index in [0.717, 1.165) is 21.1 Å². The lowest BCUT2D eigenvalue weighted by atomic mass is 10.0. The monoisotopic (exact) mass is 380 g/mol. The summed E-state index contributed by atoms with van der Waals surface area (Å²) in [5.74, 6) is -2.39. The van der Waals surface area contributed by atoms with Crippen LogP contribution in [0.3, 0.4) is 0 Å². The van der Waals surface area contributed by atoms with Gasteiger partial charge >= 0.3 is 5.97 Å². The van der Waals surface area contributed by atoms with Gasteiger partial charge in [0.2, 0.25) is 6.29 Å². The van der Waals surface area contributed by atoms with Crippen LogP contribution in [0.15, 0.2) is 29.3 Å². The van der Waals surface area contributed by atoms with Gasteiger partial charge < -0.3 is 10.8 Å². The van der Waals surface area contributed by atoms with Gasteiger partial charge in [0, 0.05) is 11.1 Å². The molecule has 11 heteroatoms. The van der Waals surface area contributed by atoms with E-state index in [2.05, 4.69) is 11.6 Å². The third-order valence-corrected chi connectivity index (χ3v) is 5.74. The Labute approximate surface area is 149 Å². The molecule has 0 bridgehead atoms. The number of β-lactam (4-membered cyclic amide) rings is 1. The van der Waals surface area contributed by atoms with Gasteiger partial charge in [0.05, 0.1) is 0 Å². The number of thiazole rings is 1. The number of carbonyl (C=O) groups excluding carboxylic acids is 3. The van der Waals surface area contributed by atoms with Gasteiger partial charge in [-0.25, -0.2) is 9.78 Å². The molecule has 0 saturated carbocycles. The molecule has 2 aliphatic heterocycles. The van der Waals surface area contributed by atoms with E-state index in [1.165, 1.54) is 23.2 Å². The largest absolute Gasteiger partial charge is 0.477 e. The second-order valence-electron chi connectivity index (χ2n) is 5.11. The molecule has 3 heterocycles. The molecule has 25 heavy (non-hydrogen) atoms. The number of nitrogens with two attached hydrogens (primary N) is 1. The predicted octanol–water partition coefficient (Wildman–Crippen LogP) is 0.0656. The fourth-order valence-corrected chi connectivity index (χ4v) is 4.65. The van der Waals surface area contributed by atoms with E-state index < -0.39 is 29.2 Å². The topological polar surface area (TPSA) is 134 Å². The summed E-state index contributed by atoms with van der Waals surface area (Å²) in [7, 11) is 0. The lowest BCUT2D eigenvalue weighted by Gasteiger charge is -2.51. The van der Waals surface area contributed by atoms with Crippen LogP contribution < -0.4 is 10.6 Å². The Morgan fingerprint density at radius 2 is 2.24 bits per heavy atom. The normalized spacial score (nSPS) is 22.1. The van der Waals surface area contributed by atoms with Crippen LogP contribution in [-0.4, -0.2) is 56.2 Å². The Bertz CT molecular complexity index is 833. The molecule has 2 aliphatic rings. The molecule has 1 unspecified atom stereocenters. The second kappa shape index (κ2) is 6.33. The molecule has 2 amide bonds. The number of fused-ring (bicyclic) bond motifs is 1. The number of carbonyl (C=O) groups is 4. The number of anilines is 2. The zero-order valence-electron chi connectivity index (χ0n) is 12.6. The molecule has 1 aromatic rings. The van der Waals surface area contributed by atoms with Gasteiger partial charge in [-0.15, -0.1) is 23.1 Å². The first-order valence-corrected chi connectivity index (χ1v) is 8.86. The first kappa shape index (κ1) is 17.2. The van der Waals surface area contributed by atoms with E-state index >= 15 is 0 Å². The predicted molar refractivity (Wildman–Crippen MR) is 91.8 cm³/mol. The average Bonchev–Trinajstić information content (AvgIpc) is 3.02. The number of rotatable bonds is 5. The Hall–Kier alpha value is -2.66. The zero-order valence-corrected chi connectivity index (χ0v) is 14.2. The standard InChI is InChI=1S/C14H12N4O5S2/c1-2-6-4-24-12-10(11(21)18(12)9(6)13(22)23)17(8(20)3-19)7-5-25-14(15)16-7/h2-3,5,10,12H,1,4H2,(H2,15,16)(H,22,23)/t10?,12-/m0/s1. The van der Waals surface area contributed by atoms with Crippen molar-refractivity contribution in [2.45, 2.75) is 11.4 Å². The van der Waals surface area contributed by atoms with Crippen molar-refractivity contribution in [1.29, 1.82) is 0 Å². The number of amides is 2. The molecule has 0 spiro atoms. The highest BCUT2D eigenvalue weighted by Gasteiger charge is 2.57. The van der Waals surface area contributed by atoms with Crippen LogP contribution >= 0.6 is 23.1 Å². The van der Waals surface area contributed by atoms with Crippen molar-refractivity contribution in [1.82, 2.24) is 9.88 Å². The maximum Gasteiger partial charge on any atom is 0.352 e. The smallest absolute Gasteiger partial charge is 0.352 e. The lowest BCUT2D eigenvalue weighted by Crippen LogP contribution is -2.71. The summed E-state index contributed by atoms with van der Waals surface area (Å²) in [5, 5.41) is 10.4. The fourth-order valence-electron chi connectivity index (χ4n) is 2.72. The van der Waals surface area contributed by atoms with Crippen LogP contribution in [0.5, 0.6) is 0 Å². The number of thioether (sulfide) groups is 1. The Morgan fingerprint density at radius 1 is 1.52 bits per heavy atom. The van der Waals surface area contributed by atoms with E-state index in [0.29, 0.717) is 11.3 Å². The summed E-state index contributed by atoms with van der Waals surface area (Å²) < 4.78 is 0. The molecule has 0 aliphatic carbocycles.